The summed E-state index contributed by atoms with van der Waals surface area (Å²) in [6, 6.07) is 3.21. The highest BCUT2D eigenvalue weighted by Crippen LogP contribution is 2.71. The van der Waals surface area contributed by atoms with Crippen LogP contribution < -0.4 is 5.63 Å². The van der Waals surface area contributed by atoms with Gasteiger partial charge in [0.05, 0.1) is 30.2 Å². The predicted octanol–water partition coefficient (Wildman–Crippen LogP) is -0.0778. The van der Waals surface area contributed by atoms with Gasteiger partial charge < -0.3 is 49.3 Å². The van der Waals surface area contributed by atoms with Gasteiger partial charge in [0.15, 0.2) is 6.29 Å². The van der Waals surface area contributed by atoms with Crippen LogP contribution in [0.1, 0.15) is 69.8 Å². The molecular weight excluding hydrogens is 524 g/mol. The average molecular weight is 565 g/mol. The number of epoxide rings is 1. The Kier molecular flexibility index (Phi) is 6.20. The minimum absolute atomic E-state index is 0.0111. The molecule has 0 radical (unpaired) electrons. The Balaban J connectivity index is 1.21. The van der Waals surface area contributed by atoms with E-state index in [1.54, 1.807) is 6.07 Å². The van der Waals surface area contributed by atoms with Crippen LogP contribution in [0.15, 0.2) is 27.6 Å². The van der Waals surface area contributed by atoms with Crippen LogP contribution in [-0.2, 0) is 14.2 Å². The van der Waals surface area contributed by atoms with E-state index in [9.17, 15) is 35.4 Å². The lowest BCUT2D eigenvalue weighted by molar-refractivity contribution is -0.372. The molecule has 0 bridgehead atoms. The number of rotatable bonds is 4. The van der Waals surface area contributed by atoms with Gasteiger partial charge in [-0.15, -0.1) is 0 Å². The molecule has 2 aliphatic heterocycles. The topological polar surface area (TPSA) is 183 Å². The maximum absolute atomic E-state index is 12.7. The highest BCUT2D eigenvalue weighted by Gasteiger charge is 2.77. The lowest BCUT2D eigenvalue weighted by Crippen LogP contribution is -2.75. The van der Waals surface area contributed by atoms with Gasteiger partial charge in [-0.25, -0.2) is 4.79 Å². The molecule has 6 fully saturated rings. The van der Waals surface area contributed by atoms with E-state index in [1.165, 1.54) is 12.3 Å². The van der Waals surface area contributed by atoms with Crippen molar-refractivity contribution in [1.82, 2.24) is 0 Å². The van der Waals surface area contributed by atoms with Crippen molar-refractivity contribution >= 4 is 0 Å². The first kappa shape index (κ1) is 27.4. The van der Waals surface area contributed by atoms with E-state index in [0.29, 0.717) is 44.9 Å². The molecule has 1 aromatic rings. The molecule has 0 aromatic carbocycles. The minimum atomic E-state index is -1.59. The second-order valence-electron chi connectivity index (χ2n) is 13.4. The van der Waals surface area contributed by atoms with Crippen molar-refractivity contribution in [2.45, 2.75) is 124 Å². The van der Waals surface area contributed by atoms with Crippen LogP contribution in [0.3, 0.4) is 0 Å². The van der Waals surface area contributed by atoms with Crippen molar-refractivity contribution in [3.8, 4) is 0 Å². The molecule has 7 rings (SSSR count). The second-order valence-corrected chi connectivity index (χ2v) is 13.4. The summed E-state index contributed by atoms with van der Waals surface area (Å²) in [5, 5.41) is 66.3. The summed E-state index contributed by atoms with van der Waals surface area (Å²) in [4.78, 5) is 11.6. The van der Waals surface area contributed by atoms with Gasteiger partial charge in [0.2, 0.25) is 0 Å². The van der Waals surface area contributed by atoms with Gasteiger partial charge in [0.25, 0.3) is 0 Å². The summed E-state index contributed by atoms with van der Waals surface area (Å²) in [7, 11) is 0. The standard InChI is InChI=1S/C29H40O11/c1-26-8-4-17-16(27(26,35)9-5-15(26)14-2-3-20(31)37-13-14)6-11-29(24-18(38-24)7-10-28(17,29)36)40-25-23(34)22(33)21(32)19(12-30)39-25/h2-3,13,15-19,21-25,30,32-36H,4-12H2,1H3/t15-,16-,17+,18+,19-,21-,22+,23-,24+,25+,26-,27+,28+,29+/m1/s1. The summed E-state index contributed by atoms with van der Waals surface area (Å²) < 4.78 is 23.4. The van der Waals surface area contributed by atoms with Gasteiger partial charge in [-0.1, -0.05) is 6.92 Å². The molecule has 222 valence electrons. The number of fused-ring (bicyclic) bond motifs is 7. The minimum Gasteiger partial charge on any atom is -0.431 e. The summed E-state index contributed by atoms with van der Waals surface area (Å²) in [6.07, 6.45) is -1.67. The van der Waals surface area contributed by atoms with Gasteiger partial charge in [-0.05, 0) is 80.8 Å². The molecule has 3 heterocycles. The molecule has 4 saturated carbocycles. The zero-order valence-corrected chi connectivity index (χ0v) is 22.6. The number of aliphatic hydroxyl groups excluding tert-OH is 4. The van der Waals surface area contributed by atoms with Gasteiger partial charge in [-0.2, -0.15) is 0 Å². The van der Waals surface area contributed by atoms with Crippen LogP contribution in [0, 0.1) is 17.3 Å². The molecule has 0 spiro atoms. The molecule has 0 amide bonds. The van der Waals surface area contributed by atoms with Crippen molar-refractivity contribution < 1.29 is 49.3 Å². The van der Waals surface area contributed by atoms with Crippen molar-refractivity contribution in [3.05, 3.63) is 34.4 Å². The highest BCUT2D eigenvalue weighted by molar-refractivity contribution is 5.30. The Hall–Kier alpha value is -1.41. The fraction of sp³-hybridized carbons (Fsp3) is 0.828. The lowest BCUT2D eigenvalue weighted by atomic mass is 9.45. The maximum Gasteiger partial charge on any atom is 0.335 e. The summed E-state index contributed by atoms with van der Waals surface area (Å²) in [5.41, 5.74) is -3.66. The van der Waals surface area contributed by atoms with Gasteiger partial charge >= 0.3 is 5.63 Å². The first-order chi connectivity index (χ1) is 19.0. The summed E-state index contributed by atoms with van der Waals surface area (Å²) in [6.45, 7) is 1.54. The Labute approximate surface area is 231 Å². The molecular formula is C29H40O11. The van der Waals surface area contributed by atoms with Crippen LogP contribution >= 0.6 is 0 Å². The van der Waals surface area contributed by atoms with Crippen molar-refractivity contribution in [2.75, 3.05) is 6.61 Å². The number of hydrogen-bond acceptors (Lipinski definition) is 11. The third kappa shape index (κ3) is 3.47. The van der Waals surface area contributed by atoms with E-state index >= 15 is 0 Å². The Morgan fingerprint density at radius 2 is 1.62 bits per heavy atom. The van der Waals surface area contributed by atoms with Gasteiger partial charge in [0, 0.05) is 11.5 Å². The van der Waals surface area contributed by atoms with E-state index in [0.717, 1.165) is 12.0 Å². The summed E-state index contributed by atoms with van der Waals surface area (Å²) in [5.74, 6) is -0.502. The molecule has 14 atom stereocenters. The predicted molar refractivity (Wildman–Crippen MR) is 136 cm³/mol. The number of aliphatic hydroxyl groups is 6. The number of ether oxygens (including phenoxy) is 3. The zero-order chi connectivity index (χ0) is 28.2. The van der Waals surface area contributed by atoms with E-state index in [4.69, 9.17) is 18.6 Å². The maximum atomic E-state index is 12.7. The molecule has 40 heavy (non-hydrogen) atoms. The van der Waals surface area contributed by atoms with Gasteiger partial charge in [-0.3, -0.25) is 0 Å². The van der Waals surface area contributed by atoms with Crippen LogP contribution in [0.5, 0.6) is 0 Å². The third-order valence-corrected chi connectivity index (χ3v) is 12.0. The van der Waals surface area contributed by atoms with E-state index in [-0.39, 0.29) is 23.9 Å². The SMILES string of the molecule is C[C@]12CC[C@H]3[C@@H](CC[C@]4(O[C@@H]5O[C@H](CO)[C@@H](O)[C@H](O)[C@H]5O)[C@H]5O[C@H]5CC[C@]34O)[C@@]1(O)CC[C@@H]2c1ccc(=O)oc1. The van der Waals surface area contributed by atoms with E-state index in [1.807, 2.05) is 0 Å². The van der Waals surface area contributed by atoms with Crippen molar-refractivity contribution in [1.29, 1.82) is 0 Å². The van der Waals surface area contributed by atoms with E-state index in [2.05, 4.69) is 6.92 Å². The Morgan fingerprint density at radius 3 is 2.35 bits per heavy atom. The first-order valence-electron chi connectivity index (χ1n) is 14.7. The quantitative estimate of drug-likeness (QED) is 0.213. The largest absolute Gasteiger partial charge is 0.431 e. The molecule has 11 heteroatoms. The fourth-order valence-corrected chi connectivity index (χ4v) is 9.79. The molecule has 0 unspecified atom stereocenters. The van der Waals surface area contributed by atoms with Crippen LogP contribution in [0.2, 0.25) is 0 Å². The molecule has 1 aromatic heterocycles. The Bertz CT molecular complexity index is 1180. The number of hydrogen-bond donors (Lipinski definition) is 6. The van der Waals surface area contributed by atoms with E-state index < -0.39 is 71.3 Å². The van der Waals surface area contributed by atoms with Crippen molar-refractivity contribution in [3.63, 3.8) is 0 Å². The van der Waals surface area contributed by atoms with Crippen LogP contribution in [-0.4, -0.2) is 97.0 Å². The van der Waals surface area contributed by atoms with Gasteiger partial charge in [0.1, 0.15) is 36.1 Å². The third-order valence-electron chi connectivity index (χ3n) is 12.0. The first-order valence-corrected chi connectivity index (χ1v) is 14.7. The zero-order valence-electron chi connectivity index (χ0n) is 22.6. The molecule has 11 nitrogen and oxygen atoms in total. The molecule has 2 saturated heterocycles. The van der Waals surface area contributed by atoms with Crippen LogP contribution in [0.4, 0.5) is 0 Å². The molecule has 4 aliphatic carbocycles. The smallest absolute Gasteiger partial charge is 0.335 e. The summed E-state index contributed by atoms with van der Waals surface area (Å²) >= 11 is 0. The van der Waals surface area contributed by atoms with Crippen molar-refractivity contribution in [2.24, 2.45) is 17.3 Å². The molecule has 6 aliphatic rings. The fourth-order valence-electron chi connectivity index (χ4n) is 9.79. The second kappa shape index (κ2) is 9.05. The highest BCUT2D eigenvalue weighted by atomic mass is 16.7. The average Bonchev–Trinajstić information content (AvgIpc) is 3.68. The Morgan fingerprint density at radius 1 is 0.900 bits per heavy atom. The monoisotopic (exact) mass is 564 g/mol. The van der Waals surface area contributed by atoms with Crippen LogP contribution in [0.25, 0.3) is 0 Å². The lowest BCUT2D eigenvalue weighted by Gasteiger charge is -2.65. The molecule has 6 N–H and O–H groups in total. The normalized spacial score (nSPS) is 55.1.